The van der Waals surface area contributed by atoms with Crippen molar-refractivity contribution >= 4 is 0 Å². The fraction of sp³-hybridized carbons (Fsp3) is 0.600. The van der Waals surface area contributed by atoms with Crippen LogP contribution in [-0.2, 0) is 6.54 Å². The number of aliphatic hydroxyl groups is 1. The van der Waals surface area contributed by atoms with Crippen molar-refractivity contribution in [2.24, 2.45) is 0 Å². The van der Waals surface area contributed by atoms with Gasteiger partial charge in [-0.25, -0.2) is 9.67 Å². The fourth-order valence-corrected chi connectivity index (χ4v) is 4.13. The first-order valence-corrected chi connectivity index (χ1v) is 9.73. The smallest absolute Gasteiger partial charge is 0.154 e. The van der Waals surface area contributed by atoms with Crippen LogP contribution in [0.4, 0.5) is 0 Å². The zero-order chi connectivity index (χ0) is 17.9. The van der Waals surface area contributed by atoms with Gasteiger partial charge in [-0.2, -0.15) is 5.10 Å². The number of hydrogen-bond donors (Lipinski definition) is 1. The molecule has 0 spiro atoms. The van der Waals surface area contributed by atoms with Crippen LogP contribution in [-0.4, -0.2) is 51.1 Å². The van der Waals surface area contributed by atoms with E-state index in [-0.39, 0.29) is 6.10 Å². The summed E-state index contributed by atoms with van der Waals surface area (Å²) in [5.41, 5.74) is 1.01. The van der Waals surface area contributed by atoms with Crippen LogP contribution in [0.25, 0.3) is 5.69 Å². The first kappa shape index (κ1) is 17.5. The summed E-state index contributed by atoms with van der Waals surface area (Å²) in [6.07, 6.45) is 6.63. The molecule has 26 heavy (non-hydrogen) atoms. The van der Waals surface area contributed by atoms with Crippen molar-refractivity contribution in [3.8, 4) is 11.4 Å². The van der Waals surface area contributed by atoms with Gasteiger partial charge in [-0.3, -0.25) is 4.90 Å². The van der Waals surface area contributed by atoms with Crippen LogP contribution in [0.3, 0.4) is 0 Å². The quantitative estimate of drug-likeness (QED) is 0.892. The minimum atomic E-state index is -0.226. The number of β-amino-alcohol motifs (C(OH)–C–C–N with tert-alkyl or cyclic N) is 1. The number of likely N-dealkylation sites (tertiary alicyclic amines) is 1. The summed E-state index contributed by atoms with van der Waals surface area (Å²) in [7, 11) is 1.68. The number of nitrogens with zero attached hydrogens (tertiary/aromatic N) is 4. The van der Waals surface area contributed by atoms with Crippen molar-refractivity contribution in [2.75, 3.05) is 20.2 Å². The van der Waals surface area contributed by atoms with Crippen LogP contribution in [0.1, 0.15) is 56.1 Å². The lowest BCUT2D eigenvalue weighted by atomic mass is 10.1. The number of aliphatic hydroxyl groups excluding tert-OH is 1. The normalized spacial score (nSPS) is 22.0. The summed E-state index contributed by atoms with van der Waals surface area (Å²) in [6, 6.07) is 7.97. The molecule has 0 bridgehead atoms. The summed E-state index contributed by atoms with van der Waals surface area (Å²) in [5.74, 6) is 3.27. The lowest BCUT2D eigenvalue weighted by molar-refractivity contribution is 0.0651. The largest absolute Gasteiger partial charge is 0.497 e. The maximum Gasteiger partial charge on any atom is 0.154 e. The molecule has 1 aromatic carbocycles. The number of ether oxygens (including phenoxy) is 1. The van der Waals surface area contributed by atoms with Gasteiger partial charge in [-0.1, -0.05) is 12.8 Å². The number of hydrogen-bond acceptors (Lipinski definition) is 5. The molecular weight excluding hydrogens is 328 g/mol. The van der Waals surface area contributed by atoms with Crippen LogP contribution in [0.2, 0.25) is 0 Å². The molecule has 2 fully saturated rings. The number of aromatic nitrogens is 3. The van der Waals surface area contributed by atoms with Crippen molar-refractivity contribution in [1.82, 2.24) is 19.7 Å². The van der Waals surface area contributed by atoms with Crippen LogP contribution < -0.4 is 4.74 Å². The van der Waals surface area contributed by atoms with Gasteiger partial charge in [0.05, 0.1) is 25.4 Å². The SMILES string of the molecule is COc1ccc(-n2nc(C3CCCC3)nc2CN2CCC[C@H](O)C2)cc1. The van der Waals surface area contributed by atoms with E-state index in [9.17, 15) is 5.11 Å². The van der Waals surface area contributed by atoms with Gasteiger partial charge in [0.2, 0.25) is 0 Å². The standard InChI is InChI=1S/C20H28N4O2/c1-26-18-10-8-16(9-11-18)24-19(14-23-12-4-7-17(25)13-23)21-20(22-24)15-5-2-3-6-15/h8-11,15,17,25H,2-7,12-14H2,1H3/t17-/m0/s1. The van der Waals surface area contributed by atoms with E-state index in [4.69, 9.17) is 14.8 Å². The highest BCUT2D eigenvalue weighted by molar-refractivity contribution is 5.37. The van der Waals surface area contributed by atoms with Gasteiger partial charge in [-0.05, 0) is 56.5 Å². The molecule has 6 nitrogen and oxygen atoms in total. The second kappa shape index (κ2) is 7.76. The Morgan fingerprint density at radius 1 is 1.12 bits per heavy atom. The molecule has 2 aliphatic rings. The molecule has 1 aliphatic heterocycles. The average Bonchev–Trinajstić information content (AvgIpc) is 3.32. The molecule has 140 valence electrons. The number of benzene rings is 1. The minimum Gasteiger partial charge on any atom is -0.497 e. The topological polar surface area (TPSA) is 63.4 Å². The van der Waals surface area contributed by atoms with Crippen LogP contribution in [0.15, 0.2) is 24.3 Å². The maximum absolute atomic E-state index is 9.98. The van der Waals surface area contributed by atoms with E-state index < -0.39 is 0 Å². The van der Waals surface area contributed by atoms with Gasteiger partial charge in [0.15, 0.2) is 5.82 Å². The molecule has 2 aromatic rings. The molecule has 1 aromatic heterocycles. The molecule has 1 saturated carbocycles. The summed E-state index contributed by atoms with van der Waals surface area (Å²) in [4.78, 5) is 7.22. The molecule has 1 atom stereocenters. The van der Waals surface area contributed by atoms with E-state index in [0.717, 1.165) is 49.0 Å². The summed E-state index contributed by atoms with van der Waals surface area (Å²) in [6.45, 7) is 2.45. The molecule has 2 heterocycles. The van der Waals surface area contributed by atoms with Crippen molar-refractivity contribution in [1.29, 1.82) is 0 Å². The van der Waals surface area contributed by atoms with E-state index in [1.165, 1.54) is 25.7 Å². The van der Waals surface area contributed by atoms with E-state index >= 15 is 0 Å². The van der Waals surface area contributed by atoms with Crippen molar-refractivity contribution in [3.05, 3.63) is 35.9 Å². The Hall–Kier alpha value is -1.92. The van der Waals surface area contributed by atoms with E-state index in [0.29, 0.717) is 12.5 Å². The third kappa shape index (κ3) is 3.76. The Morgan fingerprint density at radius 3 is 2.58 bits per heavy atom. The van der Waals surface area contributed by atoms with E-state index in [1.54, 1.807) is 7.11 Å². The monoisotopic (exact) mass is 356 g/mol. The van der Waals surface area contributed by atoms with Crippen LogP contribution in [0, 0.1) is 0 Å². The Morgan fingerprint density at radius 2 is 1.88 bits per heavy atom. The molecular formula is C20H28N4O2. The van der Waals surface area contributed by atoms with E-state index in [2.05, 4.69) is 4.90 Å². The summed E-state index contributed by atoms with van der Waals surface area (Å²) >= 11 is 0. The lowest BCUT2D eigenvalue weighted by Gasteiger charge is -2.29. The molecule has 0 radical (unpaired) electrons. The van der Waals surface area contributed by atoms with Gasteiger partial charge in [0, 0.05) is 12.5 Å². The third-order valence-corrected chi connectivity index (χ3v) is 5.57. The zero-order valence-corrected chi connectivity index (χ0v) is 15.5. The summed E-state index contributed by atoms with van der Waals surface area (Å²) in [5, 5.41) is 14.9. The first-order valence-electron chi connectivity index (χ1n) is 9.73. The zero-order valence-electron chi connectivity index (χ0n) is 15.5. The molecule has 4 rings (SSSR count). The van der Waals surface area contributed by atoms with Crippen molar-refractivity contribution < 1.29 is 9.84 Å². The molecule has 1 N–H and O–H groups in total. The number of rotatable bonds is 5. The van der Waals surface area contributed by atoms with Crippen LogP contribution in [0.5, 0.6) is 5.75 Å². The van der Waals surface area contributed by atoms with Gasteiger partial charge in [0.25, 0.3) is 0 Å². The maximum atomic E-state index is 9.98. The second-order valence-electron chi connectivity index (χ2n) is 7.51. The second-order valence-corrected chi connectivity index (χ2v) is 7.51. The van der Waals surface area contributed by atoms with Crippen molar-refractivity contribution in [2.45, 2.75) is 57.1 Å². The predicted molar refractivity (Wildman–Crippen MR) is 99.6 cm³/mol. The molecule has 0 amide bonds. The first-order chi connectivity index (χ1) is 12.7. The molecule has 1 saturated heterocycles. The summed E-state index contributed by atoms with van der Waals surface area (Å²) < 4.78 is 7.25. The molecule has 0 unspecified atom stereocenters. The Kier molecular flexibility index (Phi) is 5.22. The highest BCUT2D eigenvalue weighted by Gasteiger charge is 2.25. The Bertz CT molecular complexity index is 722. The minimum absolute atomic E-state index is 0.226. The fourth-order valence-electron chi connectivity index (χ4n) is 4.13. The molecule has 6 heteroatoms. The van der Waals surface area contributed by atoms with Gasteiger partial charge < -0.3 is 9.84 Å². The van der Waals surface area contributed by atoms with Gasteiger partial charge in [0.1, 0.15) is 11.6 Å². The van der Waals surface area contributed by atoms with Crippen LogP contribution >= 0.6 is 0 Å². The Labute approximate surface area is 154 Å². The lowest BCUT2D eigenvalue weighted by Crippen LogP contribution is -2.38. The van der Waals surface area contributed by atoms with Crippen molar-refractivity contribution in [3.63, 3.8) is 0 Å². The molecule has 1 aliphatic carbocycles. The average molecular weight is 356 g/mol. The highest BCUT2D eigenvalue weighted by Crippen LogP contribution is 2.33. The third-order valence-electron chi connectivity index (χ3n) is 5.57. The van der Waals surface area contributed by atoms with E-state index in [1.807, 2.05) is 28.9 Å². The number of piperidine rings is 1. The Balaban J connectivity index is 1.63. The predicted octanol–water partition coefficient (Wildman–Crippen LogP) is 2.89. The highest BCUT2D eigenvalue weighted by atomic mass is 16.5. The van der Waals surface area contributed by atoms with Gasteiger partial charge in [-0.15, -0.1) is 0 Å². The number of methoxy groups -OCH3 is 1. The van der Waals surface area contributed by atoms with Gasteiger partial charge >= 0.3 is 0 Å².